The van der Waals surface area contributed by atoms with E-state index in [1.54, 1.807) is 25.3 Å². The lowest BCUT2D eigenvalue weighted by Crippen LogP contribution is -2.06. The van der Waals surface area contributed by atoms with Gasteiger partial charge in [0, 0.05) is 6.42 Å². The molecule has 2 aromatic rings. The average Bonchev–Trinajstić information content (AvgIpc) is 2.43. The molecule has 0 bridgehead atoms. The number of aliphatic hydroxyl groups is 1. The SMILES string of the molecule is COc1cc(C)c(C(O)Cc2ccccc2F)cc1C. The molecule has 0 heterocycles. The van der Waals surface area contributed by atoms with Gasteiger partial charge in [0.2, 0.25) is 0 Å². The maximum absolute atomic E-state index is 13.6. The number of benzene rings is 2. The molecule has 0 saturated heterocycles. The number of halogens is 1. The third-order valence-corrected chi connectivity index (χ3v) is 3.51. The standard InChI is InChI=1S/C17H19FO2/c1-11-9-17(20-3)12(2)8-14(11)16(19)10-13-6-4-5-7-15(13)18/h4-9,16,19H,10H2,1-3H3. The van der Waals surface area contributed by atoms with Crippen LogP contribution in [0.5, 0.6) is 5.75 Å². The molecule has 0 spiro atoms. The molecule has 0 aliphatic heterocycles. The summed E-state index contributed by atoms with van der Waals surface area (Å²) in [6, 6.07) is 10.3. The van der Waals surface area contributed by atoms with E-state index in [9.17, 15) is 9.50 Å². The van der Waals surface area contributed by atoms with Crippen LogP contribution in [0.1, 0.15) is 28.4 Å². The van der Waals surface area contributed by atoms with E-state index in [2.05, 4.69) is 0 Å². The molecule has 1 N–H and O–H groups in total. The number of methoxy groups -OCH3 is 1. The van der Waals surface area contributed by atoms with Crippen LogP contribution >= 0.6 is 0 Å². The molecule has 0 aliphatic carbocycles. The van der Waals surface area contributed by atoms with E-state index < -0.39 is 6.10 Å². The Morgan fingerprint density at radius 3 is 2.50 bits per heavy atom. The first kappa shape index (κ1) is 14.5. The molecule has 106 valence electrons. The van der Waals surface area contributed by atoms with E-state index in [0.29, 0.717) is 5.56 Å². The lowest BCUT2D eigenvalue weighted by molar-refractivity contribution is 0.176. The number of hydrogen-bond donors (Lipinski definition) is 1. The molecule has 2 rings (SSSR count). The molecule has 0 saturated carbocycles. The first-order chi connectivity index (χ1) is 9.52. The topological polar surface area (TPSA) is 29.5 Å². The van der Waals surface area contributed by atoms with Crippen LogP contribution in [0.3, 0.4) is 0 Å². The van der Waals surface area contributed by atoms with E-state index in [1.165, 1.54) is 6.07 Å². The van der Waals surface area contributed by atoms with Crippen LogP contribution in [0.4, 0.5) is 4.39 Å². The van der Waals surface area contributed by atoms with Crippen LogP contribution in [-0.2, 0) is 6.42 Å². The average molecular weight is 274 g/mol. The highest BCUT2D eigenvalue weighted by atomic mass is 19.1. The Morgan fingerprint density at radius 2 is 1.85 bits per heavy atom. The highest BCUT2D eigenvalue weighted by Crippen LogP contribution is 2.28. The first-order valence-corrected chi connectivity index (χ1v) is 6.59. The second-order valence-electron chi connectivity index (χ2n) is 4.99. The van der Waals surface area contributed by atoms with Gasteiger partial charge in [0.05, 0.1) is 13.2 Å². The summed E-state index contributed by atoms with van der Waals surface area (Å²) in [5.41, 5.74) is 3.23. The number of rotatable bonds is 4. The number of hydrogen-bond acceptors (Lipinski definition) is 2. The molecule has 0 fully saturated rings. The summed E-state index contributed by atoms with van der Waals surface area (Å²) in [5, 5.41) is 10.4. The van der Waals surface area contributed by atoms with Gasteiger partial charge in [-0.05, 0) is 54.3 Å². The van der Waals surface area contributed by atoms with E-state index in [-0.39, 0.29) is 12.2 Å². The predicted octanol–water partition coefficient (Wildman–Crippen LogP) is 3.73. The fourth-order valence-corrected chi connectivity index (χ4v) is 2.37. The van der Waals surface area contributed by atoms with Gasteiger partial charge < -0.3 is 9.84 Å². The minimum Gasteiger partial charge on any atom is -0.496 e. The van der Waals surface area contributed by atoms with Crippen molar-refractivity contribution >= 4 is 0 Å². The van der Waals surface area contributed by atoms with Crippen molar-refractivity contribution in [3.05, 3.63) is 64.5 Å². The second-order valence-corrected chi connectivity index (χ2v) is 4.99. The van der Waals surface area contributed by atoms with Crippen LogP contribution in [0.25, 0.3) is 0 Å². The van der Waals surface area contributed by atoms with Crippen molar-refractivity contribution < 1.29 is 14.2 Å². The highest BCUT2D eigenvalue weighted by molar-refractivity contribution is 5.42. The minimum absolute atomic E-state index is 0.263. The van der Waals surface area contributed by atoms with Gasteiger partial charge >= 0.3 is 0 Å². The lowest BCUT2D eigenvalue weighted by Gasteiger charge is -2.17. The van der Waals surface area contributed by atoms with Crippen LogP contribution < -0.4 is 4.74 Å². The van der Waals surface area contributed by atoms with Crippen LogP contribution in [0, 0.1) is 19.7 Å². The van der Waals surface area contributed by atoms with E-state index in [1.807, 2.05) is 26.0 Å². The van der Waals surface area contributed by atoms with E-state index in [4.69, 9.17) is 4.74 Å². The lowest BCUT2D eigenvalue weighted by atomic mass is 9.95. The summed E-state index contributed by atoms with van der Waals surface area (Å²) in [5.74, 6) is 0.513. The van der Waals surface area contributed by atoms with Crippen molar-refractivity contribution in [2.45, 2.75) is 26.4 Å². The Morgan fingerprint density at radius 1 is 1.15 bits per heavy atom. The smallest absolute Gasteiger partial charge is 0.126 e. The van der Waals surface area contributed by atoms with E-state index in [0.717, 1.165) is 22.4 Å². The monoisotopic (exact) mass is 274 g/mol. The zero-order valence-electron chi connectivity index (χ0n) is 12.0. The Hall–Kier alpha value is -1.87. The number of ether oxygens (including phenoxy) is 1. The normalized spacial score (nSPS) is 12.2. The largest absolute Gasteiger partial charge is 0.496 e. The predicted molar refractivity (Wildman–Crippen MR) is 77.5 cm³/mol. The Balaban J connectivity index is 2.28. The molecule has 1 unspecified atom stereocenters. The van der Waals surface area contributed by atoms with Gasteiger partial charge in [-0.15, -0.1) is 0 Å². The molecule has 2 nitrogen and oxygen atoms in total. The van der Waals surface area contributed by atoms with Gasteiger partial charge in [-0.1, -0.05) is 18.2 Å². The van der Waals surface area contributed by atoms with Crippen molar-refractivity contribution in [2.75, 3.05) is 7.11 Å². The molecule has 2 aromatic carbocycles. The highest BCUT2D eigenvalue weighted by Gasteiger charge is 2.15. The zero-order chi connectivity index (χ0) is 14.7. The Labute approximate surface area is 118 Å². The van der Waals surface area contributed by atoms with E-state index >= 15 is 0 Å². The van der Waals surface area contributed by atoms with Crippen molar-refractivity contribution in [3.63, 3.8) is 0 Å². The number of aliphatic hydroxyl groups excluding tert-OH is 1. The second kappa shape index (κ2) is 6.06. The maximum Gasteiger partial charge on any atom is 0.126 e. The molecular weight excluding hydrogens is 255 g/mol. The summed E-state index contributed by atoms with van der Waals surface area (Å²) in [4.78, 5) is 0. The van der Waals surface area contributed by atoms with Gasteiger partial charge in [-0.3, -0.25) is 0 Å². The van der Waals surface area contributed by atoms with Crippen molar-refractivity contribution in [1.29, 1.82) is 0 Å². The molecule has 3 heteroatoms. The van der Waals surface area contributed by atoms with Gasteiger partial charge in [0.1, 0.15) is 11.6 Å². The minimum atomic E-state index is -0.725. The zero-order valence-corrected chi connectivity index (χ0v) is 12.0. The Bertz CT molecular complexity index is 608. The third-order valence-electron chi connectivity index (χ3n) is 3.51. The van der Waals surface area contributed by atoms with Crippen molar-refractivity contribution in [1.82, 2.24) is 0 Å². The molecule has 20 heavy (non-hydrogen) atoms. The quantitative estimate of drug-likeness (QED) is 0.920. The maximum atomic E-state index is 13.6. The van der Waals surface area contributed by atoms with Crippen LogP contribution in [-0.4, -0.2) is 12.2 Å². The summed E-state index contributed by atoms with van der Waals surface area (Å²) < 4.78 is 18.9. The molecule has 0 aliphatic rings. The molecule has 0 radical (unpaired) electrons. The summed E-state index contributed by atoms with van der Waals surface area (Å²) in [7, 11) is 1.62. The van der Waals surface area contributed by atoms with Crippen molar-refractivity contribution in [3.8, 4) is 5.75 Å². The number of aryl methyl sites for hydroxylation is 2. The fourth-order valence-electron chi connectivity index (χ4n) is 2.37. The van der Waals surface area contributed by atoms with Gasteiger partial charge in [0.25, 0.3) is 0 Å². The first-order valence-electron chi connectivity index (χ1n) is 6.59. The summed E-state index contributed by atoms with van der Waals surface area (Å²) >= 11 is 0. The van der Waals surface area contributed by atoms with Crippen LogP contribution in [0.15, 0.2) is 36.4 Å². The van der Waals surface area contributed by atoms with Gasteiger partial charge in [0.15, 0.2) is 0 Å². The Kier molecular flexibility index (Phi) is 4.40. The molecule has 1 atom stereocenters. The van der Waals surface area contributed by atoms with Gasteiger partial charge in [-0.25, -0.2) is 4.39 Å². The molecule has 0 aromatic heterocycles. The third kappa shape index (κ3) is 2.99. The molecular formula is C17H19FO2. The molecule has 0 amide bonds. The van der Waals surface area contributed by atoms with Gasteiger partial charge in [-0.2, -0.15) is 0 Å². The fraction of sp³-hybridized carbons (Fsp3) is 0.294. The van der Waals surface area contributed by atoms with Crippen molar-refractivity contribution in [2.24, 2.45) is 0 Å². The summed E-state index contributed by atoms with van der Waals surface area (Å²) in [6.45, 7) is 3.85. The summed E-state index contributed by atoms with van der Waals surface area (Å²) in [6.07, 6.45) is -0.462. The van der Waals surface area contributed by atoms with Crippen LogP contribution in [0.2, 0.25) is 0 Å².